The van der Waals surface area contributed by atoms with E-state index in [1.807, 2.05) is 42.5 Å². The number of ether oxygens (including phenoxy) is 1. The monoisotopic (exact) mass is 263 g/mol. The number of hydrogen-bond acceptors (Lipinski definition) is 4. The highest BCUT2D eigenvalue weighted by Crippen LogP contribution is 2.18. The molecule has 0 unspecified atom stereocenters. The number of anilines is 1. The van der Waals surface area contributed by atoms with E-state index in [0.29, 0.717) is 0 Å². The number of hydrogen-bond donors (Lipinski definition) is 1. The van der Waals surface area contributed by atoms with Gasteiger partial charge in [-0.25, -0.2) is 4.98 Å². The van der Waals surface area contributed by atoms with Crippen LogP contribution in [0, 0.1) is 13.8 Å². The molecule has 0 bridgehead atoms. The summed E-state index contributed by atoms with van der Waals surface area (Å²) >= 11 is 0. The van der Waals surface area contributed by atoms with Crippen LogP contribution in [0.2, 0.25) is 0 Å². The van der Waals surface area contributed by atoms with Crippen molar-refractivity contribution in [2.24, 2.45) is 7.05 Å². The minimum atomic E-state index is 0.749. The summed E-state index contributed by atoms with van der Waals surface area (Å²) in [6.07, 6.45) is 4.97. The second-order valence-corrected chi connectivity index (χ2v) is 4.62. The number of rotatable bonds is 6. The summed E-state index contributed by atoms with van der Waals surface area (Å²) in [6.45, 7) is 5.57. The standard InChI is InChI=1S/C13H21N5O/c1-10-8-18(12-9-17(3)16-11(12)2)13(15-10)14-6-5-7-19-4/h8-9H,5-7H2,1-4H3,(H,14,15). The average molecular weight is 263 g/mol. The van der Waals surface area contributed by atoms with Gasteiger partial charge in [-0.1, -0.05) is 0 Å². The van der Waals surface area contributed by atoms with E-state index in [2.05, 4.69) is 15.4 Å². The third-order valence-electron chi connectivity index (χ3n) is 2.88. The zero-order chi connectivity index (χ0) is 13.8. The molecule has 0 aliphatic heterocycles. The normalized spacial score (nSPS) is 10.9. The molecule has 0 aliphatic carbocycles. The maximum atomic E-state index is 5.04. The topological polar surface area (TPSA) is 56.9 Å². The van der Waals surface area contributed by atoms with Crippen molar-refractivity contribution in [3.8, 4) is 5.69 Å². The fraction of sp³-hybridized carbons (Fsp3) is 0.538. The molecule has 2 aromatic rings. The van der Waals surface area contributed by atoms with Gasteiger partial charge in [-0.3, -0.25) is 9.25 Å². The van der Waals surface area contributed by atoms with Crippen LogP contribution in [-0.2, 0) is 11.8 Å². The van der Waals surface area contributed by atoms with Crippen LogP contribution in [0.15, 0.2) is 12.4 Å². The Hall–Kier alpha value is -1.82. The lowest BCUT2D eigenvalue weighted by molar-refractivity contribution is 0.197. The molecule has 2 aromatic heterocycles. The van der Waals surface area contributed by atoms with Crippen molar-refractivity contribution < 1.29 is 4.74 Å². The van der Waals surface area contributed by atoms with Crippen LogP contribution in [0.3, 0.4) is 0 Å². The van der Waals surface area contributed by atoms with E-state index in [1.54, 1.807) is 7.11 Å². The molecule has 0 spiro atoms. The third kappa shape index (κ3) is 3.14. The molecular formula is C13H21N5O. The second-order valence-electron chi connectivity index (χ2n) is 4.62. The molecule has 0 radical (unpaired) electrons. The van der Waals surface area contributed by atoms with Crippen molar-refractivity contribution in [3.63, 3.8) is 0 Å². The van der Waals surface area contributed by atoms with Crippen molar-refractivity contribution >= 4 is 5.95 Å². The van der Waals surface area contributed by atoms with Crippen LogP contribution in [0.5, 0.6) is 0 Å². The summed E-state index contributed by atoms with van der Waals surface area (Å²) in [6, 6.07) is 0. The van der Waals surface area contributed by atoms with E-state index in [9.17, 15) is 0 Å². The van der Waals surface area contributed by atoms with E-state index < -0.39 is 0 Å². The molecule has 0 fully saturated rings. The number of aryl methyl sites for hydroxylation is 3. The average Bonchev–Trinajstić information content (AvgIpc) is 2.87. The lowest BCUT2D eigenvalue weighted by Crippen LogP contribution is -2.09. The Bertz CT molecular complexity index is 543. The van der Waals surface area contributed by atoms with E-state index in [4.69, 9.17) is 4.74 Å². The molecular weight excluding hydrogens is 242 g/mol. The number of aromatic nitrogens is 4. The molecule has 1 N–H and O–H groups in total. The van der Waals surface area contributed by atoms with Crippen molar-refractivity contribution in [1.82, 2.24) is 19.3 Å². The van der Waals surface area contributed by atoms with Gasteiger partial charge < -0.3 is 10.1 Å². The van der Waals surface area contributed by atoms with Gasteiger partial charge in [0.15, 0.2) is 0 Å². The first-order valence-electron chi connectivity index (χ1n) is 6.41. The van der Waals surface area contributed by atoms with Crippen LogP contribution in [0.25, 0.3) is 5.69 Å². The zero-order valence-electron chi connectivity index (χ0n) is 12.0. The highest BCUT2D eigenvalue weighted by Gasteiger charge is 2.11. The first-order chi connectivity index (χ1) is 9.11. The van der Waals surface area contributed by atoms with Crippen LogP contribution in [0.4, 0.5) is 5.95 Å². The zero-order valence-corrected chi connectivity index (χ0v) is 12.0. The van der Waals surface area contributed by atoms with Gasteiger partial charge in [0.1, 0.15) is 0 Å². The number of imidazole rings is 1. The Morgan fingerprint density at radius 1 is 1.32 bits per heavy atom. The first-order valence-corrected chi connectivity index (χ1v) is 6.41. The van der Waals surface area contributed by atoms with E-state index in [1.165, 1.54) is 0 Å². The Labute approximate surface area is 113 Å². The predicted molar refractivity (Wildman–Crippen MR) is 74.8 cm³/mol. The number of methoxy groups -OCH3 is 1. The summed E-state index contributed by atoms with van der Waals surface area (Å²) < 4.78 is 8.90. The molecule has 19 heavy (non-hydrogen) atoms. The smallest absolute Gasteiger partial charge is 0.207 e. The number of nitrogens with one attached hydrogen (secondary N) is 1. The van der Waals surface area contributed by atoms with E-state index in [0.717, 1.165) is 42.6 Å². The molecule has 6 nitrogen and oxygen atoms in total. The Morgan fingerprint density at radius 3 is 2.74 bits per heavy atom. The van der Waals surface area contributed by atoms with Crippen molar-refractivity contribution in [1.29, 1.82) is 0 Å². The Kier molecular flexibility index (Phi) is 4.21. The minimum absolute atomic E-state index is 0.749. The van der Waals surface area contributed by atoms with Gasteiger partial charge in [-0.2, -0.15) is 5.10 Å². The second kappa shape index (κ2) is 5.88. The highest BCUT2D eigenvalue weighted by molar-refractivity contribution is 5.44. The van der Waals surface area contributed by atoms with Gasteiger partial charge >= 0.3 is 0 Å². The summed E-state index contributed by atoms with van der Waals surface area (Å²) in [5, 5.41) is 7.71. The quantitative estimate of drug-likeness (QED) is 0.805. The van der Waals surface area contributed by atoms with Crippen LogP contribution >= 0.6 is 0 Å². The van der Waals surface area contributed by atoms with Gasteiger partial charge in [0, 0.05) is 39.7 Å². The Morgan fingerprint density at radius 2 is 2.11 bits per heavy atom. The third-order valence-corrected chi connectivity index (χ3v) is 2.88. The van der Waals surface area contributed by atoms with Crippen LogP contribution in [-0.4, -0.2) is 39.6 Å². The number of nitrogens with zero attached hydrogens (tertiary/aromatic N) is 4. The molecule has 0 atom stereocenters. The van der Waals surface area contributed by atoms with Crippen LogP contribution in [0.1, 0.15) is 17.8 Å². The summed E-state index contributed by atoms with van der Waals surface area (Å²) in [5.41, 5.74) is 3.02. The molecule has 6 heteroatoms. The fourth-order valence-corrected chi connectivity index (χ4v) is 2.05. The summed E-state index contributed by atoms with van der Waals surface area (Å²) in [5.74, 6) is 0.852. The van der Waals surface area contributed by atoms with Crippen LogP contribution < -0.4 is 5.32 Å². The van der Waals surface area contributed by atoms with Crippen molar-refractivity contribution in [3.05, 3.63) is 23.8 Å². The molecule has 0 saturated carbocycles. The molecule has 2 heterocycles. The van der Waals surface area contributed by atoms with Gasteiger partial charge in [0.2, 0.25) is 5.95 Å². The lowest BCUT2D eigenvalue weighted by Gasteiger charge is -2.08. The molecule has 0 amide bonds. The molecule has 0 saturated heterocycles. The fourth-order valence-electron chi connectivity index (χ4n) is 2.05. The lowest BCUT2D eigenvalue weighted by atomic mass is 10.4. The highest BCUT2D eigenvalue weighted by atomic mass is 16.5. The summed E-state index contributed by atoms with van der Waals surface area (Å²) in [7, 11) is 3.63. The molecule has 2 rings (SSSR count). The maximum absolute atomic E-state index is 5.04. The first kappa shape index (κ1) is 13.6. The van der Waals surface area contributed by atoms with E-state index in [-0.39, 0.29) is 0 Å². The molecule has 0 aliphatic rings. The van der Waals surface area contributed by atoms with Gasteiger partial charge in [-0.15, -0.1) is 0 Å². The molecule has 0 aromatic carbocycles. The van der Waals surface area contributed by atoms with Gasteiger partial charge in [-0.05, 0) is 20.3 Å². The van der Waals surface area contributed by atoms with Crippen molar-refractivity contribution in [2.45, 2.75) is 20.3 Å². The molecule has 104 valence electrons. The largest absolute Gasteiger partial charge is 0.385 e. The van der Waals surface area contributed by atoms with Gasteiger partial charge in [0.05, 0.1) is 17.1 Å². The SMILES string of the molecule is COCCCNc1nc(C)cn1-c1cn(C)nc1C. The Balaban J connectivity index is 2.18. The minimum Gasteiger partial charge on any atom is -0.385 e. The maximum Gasteiger partial charge on any atom is 0.207 e. The van der Waals surface area contributed by atoms with Gasteiger partial charge in [0.25, 0.3) is 0 Å². The summed E-state index contributed by atoms with van der Waals surface area (Å²) in [4.78, 5) is 4.51. The predicted octanol–water partition coefficient (Wildman–Crippen LogP) is 1.67. The van der Waals surface area contributed by atoms with Crippen molar-refractivity contribution in [2.75, 3.05) is 25.6 Å². The van der Waals surface area contributed by atoms with E-state index >= 15 is 0 Å².